The predicted molar refractivity (Wildman–Crippen MR) is 70.6 cm³/mol. The third-order valence-corrected chi connectivity index (χ3v) is 2.62. The molecule has 0 spiro atoms. The summed E-state index contributed by atoms with van der Waals surface area (Å²) in [6.45, 7) is 8.15. The van der Waals surface area contributed by atoms with Crippen LogP contribution in [0.3, 0.4) is 0 Å². The number of hydrogen-bond acceptors (Lipinski definition) is 2. The second-order valence-electron chi connectivity index (χ2n) is 4.55. The van der Waals surface area contributed by atoms with Crippen LogP contribution < -0.4 is 5.32 Å². The number of hydrogen-bond donors (Lipinski definition) is 1. The van der Waals surface area contributed by atoms with Crippen LogP contribution in [0.4, 0.5) is 0 Å². The van der Waals surface area contributed by atoms with Gasteiger partial charge in [0.1, 0.15) is 5.84 Å². The van der Waals surface area contributed by atoms with Gasteiger partial charge in [0.15, 0.2) is 6.19 Å². The Kier molecular flexibility index (Phi) is 4.71. The number of benzene rings is 1. The molecule has 0 aliphatic carbocycles. The minimum absolute atomic E-state index is 0.0939. The maximum Gasteiger partial charge on any atom is 0.182 e. The van der Waals surface area contributed by atoms with Crippen molar-refractivity contribution >= 4 is 5.84 Å². The number of aliphatic imine (C=N–C) groups is 1. The van der Waals surface area contributed by atoms with Crippen LogP contribution in [0, 0.1) is 24.3 Å². The summed E-state index contributed by atoms with van der Waals surface area (Å²) in [7, 11) is 0. The van der Waals surface area contributed by atoms with E-state index in [1.165, 1.54) is 11.1 Å². The standard InChI is InChI=1S/C14H19N3/c1-10(2)14(17-12(4)16-9-15)13-7-5-11(3)6-8-13/h5-8,10,14H,1-4H3,(H,16,17)/t14-/m1/s1. The Bertz CT molecular complexity index is 424. The number of amidine groups is 1. The molecule has 3 nitrogen and oxygen atoms in total. The molecule has 0 aromatic heterocycles. The van der Waals surface area contributed by atoms with Crippen LogP contribution in [0.5, 0.6) is 0 Å². The lowest BCUT2D eigenvalue weighted by molar-refractivity contribution is 0.515. The van der Waals surface area contributed by atoms with E-state index in [4.69, 9.17) is 5.26 Å². The first-order chi connectivity index (χ1) is 8.04. The Labute approximate surface area is 103 Å². The average Bonchev–Trinajstić information content (AvgIpc) is 2.27. The third-order valence-electron chi connectivity index (χ3n) is 2.62. The molecule has 1 atom stereocenters. The summed E-state index contributed by atoms with van der Waals surface area (Å²) in [4.78, 5) is 4.55. The van der Waals surface area contributed by atoms with Crippen molar-refractivity contribution in [3.8, 4) is 6.19 Å². The van der Waals surface area contributed by atoms with Gasteiger partial charge in [0.2, 0.25) is 0 Å². The van der Waals surface area contributed by atoms with E-state index in [2.05, 4.69) is 55.3 Å². The van der Waals surface area contributed by atoms with Crippen LogP contribution in [0.25, 0.3) is 0 Å². The van der Waals surface area contributed by atoms with Crippen molar-refractivity contribution in [1.82, 2.24) is 5.32 Å². The molecule has 0 saturated heterocycles. The van der Waals surface area contributed by atoms with E-state index in [1.54, 1.807) is 0 Å². The number of rotatable bonds is 3. The van der Waals surface area contributed by atoms with Gasteiger partial charge in [-0.2, -0.15) is 5.26 Å². The van der Waals surface area contributed by atoms with Crippen LogP contribution in [0.2, 0.25) is 0 Å². The van der Waals surface area contributed by atoms with E-state index in [9.17, 15) is 0 Å². The molecule has 3 heteroatoms. The van der Waals surface area contributed by atoms with Crippen molar-refractivity contribution in [2.45, 2.75) is 33.7 Å². The summed E-state index contributed by atoms with van der Waals surface area (Å²) in [5, 5.41) is 11.1. The van der Waals surface area contributed by atoms with E-state index < -0.39 is 0 Å². The summed E-state index contributed by atoms with van der Waals surface area (Å²) >= 11 is 0. The third kappa shape index (κ3) is 3.92. The van der Waals surface area contributed by atoms with Crippen LogP contribution in [0.15, 0.2) is 29.3 Å². The lowest BCUT2D eigenvalue weighted by Gasteiger charge is -2.18. The molecule has 17 heavy (non-hydrogen) atoms. The van der Waals surface area contributed by atoms with E-state index >= 15 is 0 Å². The van der Waals surface area contributed by atoms with Crippen LogP contribution in [0.1, 0.15) is 37.9 Å². The fraction of sp³-hybridized carbons (Fsp3) is 0.429. The maximum atomic E-state index is 8.55. The van der Waals surface area contributed by atoms with Gasteiger partial charge >= 0.3 is 0 Å². The van der Waals surface area contributed by atoms with E-state index in [-0.39, 0.29) is 6.04 Å². The molecule has 1 aromatic carbocycles. The Morgan fingerprint density at radius 3 is 2.35 bits per heavy atom. The molecule has 0 saturated carbocycles. The van der Waals surface area contributed by atoms with E-state index in [1.807, 2.05) is 13.1 Å². The zero-order valence-electron chi connectivity index (χ0n) is 10.9. The van der Waals surface area contributed by atoms with Gasteiger partial charge in [-0.1, -0.05) is 43.7 Å². The summed E-state index contributed by atoms with van der Waals surface area (Å²) in [6.07, 6.45) is 1.89. The predicted octanol–water partition coefficient (Wildman–Crippen LogP) is 3.18. The lowest BCUT2D eigenvalue weighted by Crippen LogP contribution is -2.16. The topological polar surface area (TPSA) is 48.2 Å². The SMILES string of the molecule is CC(=N[C@@H](c1ccc(C)cc1)C(C)C)NC#N. The highest BCUT2D eigenvalue weighted by Crippen LogP contribution is 2.26. The first-order valence-corrected chi connectivity index (χ1v) is 5.80. The number of nitrogens with zero attached hydrogens (tertiary/aromatic N) is 2. The highest BCUT2D eigenvalue weighted by atomic mass is 15.0. The van der Waals surface area contributed by atoms with Crippen LogP contribution in [-0.4, -0.2) is 5.84 Å². The van der Waals surface area contributed by atoms with Gasteiger partial charge in [0, 0.05) is 0 Å². The molecule has 0 bridgehead atoms. The quantitative estimate of drug-likeness (QED) is 0.374. The molecule has 0 fully saturated rings. The Morgan fingerprint density at radius 2 is 1.88 bits per heavy atom. The zero-order valence-corrected chi connectivity index (χ0v) is 10.9. The molecule has 0 aliphatic rings. The minimum atomic E-state index is 0.0939. The number of aryl methyl sites for hydroxylation is 1. The molecule has 1 aromatic rings. The van der Waals surface area contributed by atoms with Crippen LogP contribution >= 0.6 is 0 Å². The maximum absolute atomic E-state index is 8.55. The fourth-order valence-corrected chi connectivity index (χ4v) is 1.69. The minimum Gasteiger partial charge on any atom is -0.281 e. The second kappa shape index (κ2) is 6.05. The fourth-order valence-electron chi connectivity index (χ4n) is 1.69. The molecule has 0 amide bonds. The van der Waals surface area contributed by atoms with Crippen LogP contribution in [-0.2, 0) is 0 Å². The van der Waals surface area contributed by atoms with Crippen molar-refractivity contribution in [3.05, 3.63) is 35.4 Å². The van der Waals surface area contributed by atoms with Crippen molar-refractivity contribution in [2.75, 3.05) is 0 Å². The molecule has 0 radical (unpaired) electrons. The van der Waals surface area contributed by atoms with E-state index in [0.717, 1.165) is 0 Å². The molecule has 1 rings (SSSR count). The first kappa shape index (κ1) is 13.2. The van der Waals surface area contributed by atoms with Crippen molar-refractivity contribution in [1.29, 1.82) is 5.26 Å². The van der Waals surface area contributed by atoms with Gasteiger partial charge in [0.25, 0.3) is 0 Å². The van der Waals surface area contributed by atoms with Crippen molar-refractivity contribution in [2.24, 2.45) is 10.9 Å². The Balaban J connectivity index is 2.98. The molecule has 0 unspecified atom stereocenters. The average molecular weight is 229 g/mol. The largest absolute Gasteiger partial charge is 0.281 e. The van der Waals surface area contributed by atoms with Gasteiger partial charge in [0.05, 0.1) is 6.04 Å². The molecular weight excluding hydrogens is 210 g/mol. The second-order valence-corrected chi connectivity index (χ2v) is 4.55. The number of nitriles is 1. The number of nitrogens with one attached hydrogen (secondary N) is 1. The molecule has 90 valence electrons. The summed E-state index contributed by atoms with van der Waals surface area (Å²) < 4.78 is 0. The highest BCUT2D eigenvalue weighted by molar-refractivity contribution is 5.81. The van der Waals surface area contributed by atoms with Crippen molar-refractivity contribution < 1.29 is 0 Å². The summed E-state index contributed by atoms with van der Waals surface area (Å²) in [6, 6.07) is 8.48. The first-order valence-electron chi connectivity index (χ1n) is 5.80. The van der Waals surface area contributed by atoms with E-state index in [0.29, 0.717) is 11.8 Å². The summed E-state index contributed by atoms with van der Waals surface area (Å²) in [5.74, 6) is 1.06. The van der Waals surface area contributed by atoms with Gasteiger partial charge in [-0.3, -0.25) is 10.3 Å². The Hall–Kier alpha value is -1.82. The molecule has 0 heterocycles. The normalized spacial score (nSPS) is 13.3. The summed E-state index contributed by atoms with van der Waals surface area (Å²) in [5.41, 5.74) is 2.43. The molecule has 0 aliphatic heterocycles. The molecule has 1 N–H and O–H groups in total. The van der Waals surface area contributed by atoms with Gasteiger partial charge in [-0.25, -0.2) is 0 Å². The van der Waals surface area contributed by atoms with Crippen molar-refractivity contribution in [3.63, 3.8) is 0 Å². The Morgan fingerprint density at radius 1 is 1.29 bits per heavy atom. The molecular formula is C14H19N3. The van der Waals surface area contributed by atoms with Gasteiger partial charge in [-0.05, 0) is 25.3 Å². The smallest absolute Gasteiger partial charge is 0.182 e. The monoisotopic (exact) mass is 229 g/mol. The highest BCUT2D eigenvalue weighted by Gasteiger charge is 2.14. The van der Waals surface area contributed by atoms with Gasteiger partial charge < -0.3 is 0 Å². The van der Waals surface area contributed by atoms with Gasteiger partial charge in [-0.15, -0.1) is 0 Å². The lowest BCUT2D eigenvalue weighted by atomic mass is 9.96. The zero-order chi connectivity index (χ0) is 12.8.